The molecule has 0 aromatic heterocycles. The average Bonchev–Trinajstić information content (AvgIpc) is 2.78. The van der Waals surface area contributed by atoms with Crippen molar-refractivity contribution in [3.8, 4) is 0 Å². The molecule has 194 valence electrons. The summed E-state index contributed by atoms with van der Waals surface area (Å²) in [6.45, 7) is 4.76. The molecule has 33 heavy (non-hydrogen) atoms. The van der Waals surface area contributed by atoms with Crippen LogP contribution >= 0.6 is 0 Å². The lowest BCUT2D eigenvalue weighted by atomic mass is 9.95. The van der Waals surface area contributed by atoms with E-state index >= 15 is 0 Å². The standard InChI is InChI=1S/C22H41NO10/c1-4-5-6-7-8-9-10-30-21-15(23-13(3)25)20(17(27)14(11-24)32-21)33-22-19(29)18(28)16(26)12(2)31-22/h12,14-22,24,26-29H,4-11H2,1-3H3,(H,23,25)/t12-,14+,15+,16-,17+,18+,19+,20+,21-,22-/m0/s1. The summed E-state index contributed by atoms with van der Waals surface area (Å²) in [4.78, 5) is 11.9. The molecule has 0 unspecified atom stereocenters. The Morgan fingerprint density at radius 2 is 1.58 bits per heavy atom. The molecule has 0 aliphatic carbocycles. The van der Waals surface area contributed by atoms with Gasteiger partial charge in [0, 0.05) is 13.5 Å². The first-order valence-corrected chi connectivity index (χ1v) is 11.9. The molecule has 0 aromatic carbocycles. The van der Waals surface area contributed by atoms with E-state index in [4.69, 9.17) is 18.9 Å². The number of ether oxygens (including phenoxy) is 4. The summed E-state index contributed by atoms with van der Waals surface area (Å²) >= 11 is 0. The van der Waals surface area contributed by atoms with E-state index in [9.17, 15) is 30.3 Å². The Bertz CT molecular complexity index is 581. The number of aliphatic hydroxyl groups excluding tert-OH is 5. The Kier molecular flexibility index (Phi) is 11.9. The number of aliphatic hydroxyl groups is 5. The maximum absolute atomic E-state index is 11.9. The minimum absolute atomic E-state index is 0.346. The van der Waals surface area contributed by atoms with Gasteiger partial charge in [-0.25, -0.2) is 0 Å². The number of amides is 1. The van der Waals surface area contributed by atoms with E-state index in [1.807, 2.05) is 0 Å². The summed E-state index contributed by atoms with van der Waals surface area (Å²) in [5.74, 6) is -0.422. The number of hydrogen-bond acceptors (Lipinski definition) is 10. The molecule has 2 aliphatic rings. The molecule has 0 saturated carbocycles. The van der Waals surface area contributed by atoms with Gasteiger partial charge >= 0.3 is 0 Å². The van der Waals surface area contributed by atoms with Crippen molar-refractivity contribution in [3.05, 3.63) is 0 Å². The molecule has 10 atom stereocenters. The summed E-state index contributed by atoms with van der Waals surface area (Å²) in [5, 5.41) is 53.4. The van der Waals surface area contributed by atoms with Crippen LogP contribution in [0.5, 0.6) is 0 Å². The number of carbonyl (C=O) groups is 1. The molecule has 0 spiro atoms. The van der Waals surface area contributed by atoms with Crippen molar-refractivity contribution >= 4 is 5.91 Å². The van der Waals surface area contributed by atoms with Gasteiger partial charge in [0.2, 0.25) is 5.91 Å². The van der Waals surface area contributed by atoms with Crippen LogP contribution in [0.3, 0.4) is 0 Å². The lowest BCUT2D eigenvalue weighted by Crippen LogP contribution is -2.67. The molecular formula is C22H41NO10. The van der Waals surface area contributed by atoms with E-state index in [2.05, 4.69) is 12.2 Å². The second-order valence-corrected chi connectivity index (χ2v) is 8.86. The number of nitrogens with one attached hydrogen (secondary N) is 1. The molecule has 11 heteroatoms. The fourth-order valence-corrected chi connectivity index (χ4v) is 4.12. The van der Waals surface area contributed by atoms with Gasteiger partial charge < -0.3 is 49.8 Å². The van der Waals surface area contributed by atoms with Gasteiger partial charge in [0.15, 0.2) is 12.6 Å². The molecule has 2 saturated heterocycles. The van der Waals surface area contributed by atoms with E-state index in [0.29, 0.717) is 6.61 Å². The highest BCUT2D eigenvalue weighted by molar-refractivity contribution is 5.73. The minimum atomic E-state index is -1.60. The summed E-state index contributed by atoms with van der Waals surface area (Å²) in [6, 6.07) is -0.976. The second-order valence-electron chi connectivity index (χ2n) is 8.86. The molecular weight excluding hydrogens is 438 g/mol. The van der Waals surface area contributed by atoms with Crippen molar-refractivity contribution in [2.24, 2.45) is 0 Å². The average molecular weight is 480 g/mol. The molecule has 0 radical (unpaired) electrons. The van der Waals surface area contributed by atoms with Crippen molar-refractivity contribution in [2.75, 3.05) is 13.2 Å². The van der Waals surface area contributed by atoms with E-state index < -0.39 is 73.9 Å². The van der Waals surface area contributed by atoms with Crippen LogP contribution in [0.15, 0.2) is 0 Å². The Morgan fingerprint density at radius 3 is 2.21 bits per heavy atom. The monoisotopic (exact) mass is 479 g/mol. The zero-order valence-electron chi connectivity index (χ0n) is 19.7. The number of rotatable bonds is 12. The Labute approximate surface area is 195 Å². The molecule has 2 rings (SSSR count). The first-order chi connectivity index (χ1) is 15.7. The molecule has 0 aromatic rings. The SMILES string of the molecule is CCCCCCCCO[C@H]1O[C@H](CO)[C@@H](O)[C@H](O[C@@H]2O[C@@H](C)[C@H](O)[C@@H](O)[C@H]2O)[C@H]1NC(C)=O. The van der Waals surface area contributed by atoms with Crippen molar-refractivity contribution in [2.45, 2.75) is 121 Å². The minimum Gasteiger partial charge on any atom is -0.394 e. The predicted octanol–water partition coefficient (Wildman–Crippen LogP) is -0.841. The number of unbranched alkanes of at least 4 members (excludes halogenated alkanes) is 5. The van der Waals surface area contributed by atoms with Crippen LogP contribution in [0.25, 0.3) is 0 Å². The number of hydrogen-bond donors (Lipinski definition) is 6. The van der Waals surface area contributed by atoms with Crippen molar-refractivity contribution in [3.63, 3.8) is 0 Å². The molecule has 6 N–H and O–H groups in total. The lowest BCUT2D eigenvalue weighted by molar-refractivity contribution is -0.341. The third-order valence-electron chi connectivity index (χ3n) is 6.10. The molecule has 11 nitrogen and oxygen atoms in total. The highest BCUT2D eigenvalue weighted by Gasteiger charge is 2.51. The quantitative estimate of drug-likeness (QED) is 0.194. The van der Waals surface area contributed by atoms with Gasteiger partial charge in [-0.1, -0.05) is 39.0 Å². The summed E-state index contributed by atoms with van der Waals surface area (Å²) in [7, 11) is 0. The van der Waals surface area contributed by atoms with Gasteiger partial charge in [-0.2, -0.15) is 0 Å². The van der Waals surface area contributed by atoms with E-state index in [1.54, 1.807) is 0 Å². The molecule has 2 heterocycles. The smallest absolute Gasteiger partial charge is 0.217 e. The van der Waals surface area contributed by atoms with Crippen molar-refractivity contribution in [1.29, 1.82) is 0 Å². The first kappa shape index (κ1) is 28.3. The summed E-state index contributed by atoms with van der Waals surface area (Å²) in [6.07, 6.45) is -5.02. The zero-order valence-corrected chi connectivity index (χ0v) is 19.7. The number of carbonyl (C=O) groups excluding carboxylic acids is 1. The fourth-order valence-electron chi connectivity index (χ4n) is 4.12. The van der Waals surface area contributed by atoms with Crippen LogP contribution in [0.4, 0.5) is 0 Å². The van der Waals surface area contributed by atoms with Crippen LogP contribution in [0, 0.1) is 0 Å². The Hall–Kier alpha value is -0.890. The maximum Gasteiger partial charge on any atom is 0.217 e. The van der Waals surface area contributed by atoms with E-state index in [0.717, 1.165) is 32.1 Å². The van der Waals surface area contributed by atoms with Gasteiger partial charge in [-0.15, -0.1) is 0 Å². The fraction of sp³-hybridized carbons (Fsp3) is 0.955. The largest absolute Gasteiger partial charge is 0.394 e. The summed E-state index contributed by atoms with van der Waals surface area (Å²) in [5.41, 5.74) is 0. The van der Waals surface area contributed by atoms with Crippen LogP contribution in [-0.2, 0) is 23.7 Å². The van der Waals surface area contributed by atoms with Crippen molar-refractivity contribution in [1.82, 2.24) is 5.32 Å². The maximum atomic E-state index is 11.9. The van der Waals surface area contributed by atoms with E-state index in [1.165, 1.54) is 20.3 Å². The Morgan fingerprint density at radius 1 is 0.909 bits per heavy atom. The van der Waals surface area contributed by atoms with Crippen molar-refractivity contribution < 1.29 is 49.3 Å². The molecule has 2 aliphatic heterocycles. The Balaban J connectivity index is 2.09. The molecule has 1 amide bonds. The van der Waals surface area contributed by atoms with Gasteiger partial charge in [-0.3, -0.25) is 4.79 Å². The molecule has 0 bridgehead atoms. The topological polar surface area (TPSA) is 167 Å². The van der Waals surface area contributed by atoms with E-state index in [-0.39, 0.29) is 0 Å². The van der Waals surface area contributed by atoms with Gasteiger partial charge in [0.05, 0.1) is 12.7 Å². The molecule has 2 fully saturated rings. The zero-order chi connectivity index (χ0) is 24.5. The highest BCUT2D eigenvalue weighted by Crippen LogP contribution is 2.29. The van der Waals surface area contributed by atoms with Gasteiger partial charge in [0.1, 0.15) is 42.7 Å². The van der Waals surface area contributed by atoms with Gasteiger partial charge in [0.25, 0.3) is 0 Å². The third kappa shape index (κ3) is 7.81. The highest BCUT2D eigenvalue weighted by atomic mass is 16.7. The van der Waals surface area contributed by atoms with Gasteiger partial charge in [-0.05, 0) is 13.3 Å². The third-order valence-corrected chi connectivity index (χ3v) is 6.10. The van der Waals surface area contributed by atoms with Crippen LogP contribution in [0.1, 0.15) is 59.3 Å². The van der Waals surface area contributed by atoms with Crippen LogP contribution in [0.2, 0.25) is 0 Å². The van der Waals surface area contributed by atoms with Crippen LogP contribution in [-0.4, -0.2) is 106 Å². The lowest BCUT2D eigenvalue weighted by Gasteiger charge is -2.47. The predicted molar refractivity (Wildman–Crippen MR) is 116 cm³/mol. The summed E-state index contributed by atoms with van der Waals surface area (Å²) < 4.78 is 22.9. The second kappa shape index (κ2) is 13.9. The normalized spacial score (nSPS) is 39.4. The first-order valence-electron chi connectivity index (χ1n) is 11.9. The van der Waals surface area contributed by atoms with Crippen LogP contribution < -0.4 is 5.32 Å².